The molecular weight excluding hydrogens is 252 g/mol. The largest absolute Gasteiger partial charge is 0.478 e. The molecule has 0 fully saturated rings. The first kappa shape index (κ1) is 14.6. The lowest BCUT2D eigenvalue weighted by Gasteiger charge is -2.11. The second-order valence-corrected chi connectivity index (χ2v) is 5.62. The Kier molecular flexibility index (Phi) is 3.86. The molecular formula is C16H22N2O2. The summed E-state index contributed by atoms with van der Waals surface area (Å²) in [5.74, 6) is -0.521. The van der Waals surface area contributed by atoms with Crippen molar-refractivity contribution in [2.24, 2.45) is 5.73 Å². The van der Waals surface area contributed by atoms with E-state index in [1.165, 1.54) is 5.56 Å². The fourth-order valence-electron chi connectivity index (χ4n) is 2.90. The third-order valence-corrected chi connectivity index (χ3v) is 3.84. The molecule has 0 aliphatic carbocycles. The number of carboxylic acid groups (broad SMARTS) is 1. The van der Waals surface area contributed by atoms with Crippen molar-refractivity contribution in [2.75, 3.05) is 6.54 Å². The van der Waals surface area contributed by atoms with Gasteiger partial charge in [-0.05, 0) is 42.5 Å². The summed E-state index contributed by atoms with van der Waals surface area (Å²) in [4.78, 5) is 11.4. The Morgan fingerprint density at radius 1 is 1.40 bits per heavy atom. The van der Waals surface area contributed by atoms with E-state index in [0.717, 1.165) is 28.6 Å². The SMILES string of the molecule is Cc1c(C(=O)O)cc(C)c2c1c(C(C)C)cn2CCN. The maximum absolute atomic E-state index is 11.4. The Labute approximate surface area is 119 Å². The summed E-state index contributed by atoms with van der Waals surface area (Å²) in [6, 6.07) is 1.76. The average Bonchev–Trinajstić information content (AvgIpc) is 2.74. The van der Waals surface area contributed by atoms with Crippen LogP contribution in [-0.2, 0) is 6.54 Å². The van der Waals surface area contributed by atoms with Crippen molar-refractivity contribution in [2.45, 2.75) is 40.2 Å². The monoisotopic (exact) mass is 274 g/mol. The number of nitrogens with zero attached hydrogens (tertiary/aromatic N) is 1. The molecule has 1 aromatic carbocycles. The van der Waals surface area contributed by atoms with Crippen molar-refractivity contribution in [3.8, 4) is 0 Å². The molecule has 3 N–H and O–H groups in total. The maximum atomic E-state index is 11.4. The minimum atomic E-state index is -0.867. The Bertz CT molecular complexity index is 669. The molecule has 0 spiro atoms. The molecule has 0 unspecified atom stereocenters. The smallest absolute Gasteiger partial charge is 0.335 e. The molecule has 1 heterocycles. The predicted molar refractivity (Wildman–Crippen MR) is 81.5 cm³/mol. The minimum absolute atomic E-state index is 0.346. The first-order valence-electron chi connectivity index (χ1n) is 6.94. The normalized spacial score (nSPS) is 11.5. The van der Waals surface area contributed by atoms with Gasteiger partial charge in [-0.15, -0.1) is 0 Å². The molecule has 1 aromatic heterocycles. The van der Waals surface area contributed by atoms with E-state index in [-0.39, 0.29) is 0 Å². The first-order chi connectivity index (χ1) is 9.38. The van der Waals surface area contributed by atoms with E-state index in [1.807, 2.05) is 13.8 Å². The Hall–Kier alpha value is -1.81. The standard InChI is InChI=1S/C16H22N2O2/c1-9(2)13-8-18(6-5-17)15-10(3)7-12(16(19)20)11(4)14(13)15/h7-9H,5-6,17H2,1-4H3,(H,19,20). The van der Waals surface area contributed by atoms with Gasteiger partial charge in [-0.3, -0.25) is 0 Å². The van der Waals surface area contributed by atoms with Gasteiger partial charge in [0.15, 0.2) is 0 Å². The molecule has 0 aliphatic rings. The number of rotatable bonds is 4. The molecule has 4 heteroatoms. The average molecular weight is 274 g/mol. The van der Waals surface area contributed by atoms with Gasteiger partial charge in [0, 0.05) is 24.7 Å². The second kappa shape index (κ2) is 5.29. The van der Waals surface area contributed by atoms with Crippen molar-refractivity contribution in [1.29, 1.82) is 0 Å². The summed E-state index contributed by atoms with van der Waals surface area (Å²) in [6.45, 7) is 9.43. The first-order valence-corrected chi connectivity index (χ1v) is 6.94. The highest BCUT2D eigenvalue weighted by atomic mass is 16.4. The van der Waals surface area contributed by atoms with Crippen molar-refractivity contribution in [3.63, 3.8) is 0 Å². The van der Waals surface area contributed by atoms with Crippen LogP contribution in [0.1, 0.15) is 46.8 Å². The molecule has 0 saturated carbocycles. The fourth-order valence-corrected chi connectivity index (χ4v) is 2.90. The van der Waals surface area contributed by atoms with Crippen molar-refractivity contribution in [3.05, 3.63) is 34.5 Å². The van der Waals surface area contributed by atoms with E-state index >= 15 is 0 Å². The Morgan fingerprint density at radius 3 is 2.55 bits per heavy atom. The number of aromatic nitrogens is 1. The van der Waals surface area contributed by atoms with Crippen molar-refractivity contribution in [1.82, 2.24) is 4.57 Å². The van der Waals surface area contributed by atoms with Crippen LogP contribution in [0.3, 0.4) is 0 Å². The number of hydrogen-bond donors (Lipinski definition) is 2. The van der Waals surface area contributed by atoms with Crippen molar-refractivity contribution < 1.29 is 9.90 Å². The molecule has 108 valence electrons. The van der Waals surface area contributed by atoms with Crippen LogP contribution in [0, 0.1) is 13.8 Å². The lowest BCUT2D eigenvalue weighted by molar-refractivity contribution is 0.0696. The number of fused-ring (bicyclic) bond motifs is 1. The number of carbonyl (C=O) groups is 1. The van der Waals surface area contributed by atoms with Crippen LogP contribution in [0.25, 0.3) is 10.9 Å². The highest BCUT2D eigenvalue weighted by Gasteiger charge is 2.19. The van der Waals surface area contributed by atoms with Crippen LogP contribution in [0.5, 0.6) is 0 Å². The van der Waals surface area contributed by atoms with E-state index in [4.69, 9.17) is 5.73 Å². The molecule has 20 heavy (non-hydrogen) atoms. The Morgan fingerprint density at radius 2 is 2.05 bits per heavy atom. The zero-order valence-electron chi connectivity index (χ0n) is 12.5. The molecule has 0 saturated heterocycles. The van der Waals surface area contributed by atoms with Crippen LogP contribution in [-0.4, -0.2) is 22.2 Å². The lowest BCUT2D eigenvalue weighted by atomic mass is 9.94. The summed E-state index contributed by atoms with van der Waals surface area (Å²) >= 11 is 0. The van der Waals surface area contributed by atoms with Gasteiger partial charge in [0.1, 0.15) is 0 Å². The van der Waals surface area contributed by atoms with Gasteiger partial charge in [-0.1, -0.05) is 13.8 Å². The predicted octanol–water partition coefficient (Wildman–Crippen LogP) is 3.04. The summed E-state index contributed by atoms with van der Waals surface area (Å²) in [5, 5.41) is 10.4. The third kappa shape index (κ3) is 2.20. The van der Waals surface area contributed by atoms with E-state index in [2.05, 4.69) is 24.6 Å². The van der Waals surface area contributed by atoms with Gasteiger partial charge in [0.2, 0.25) is 0 Å². The van der Waals surface area contributed by atoms with Gasteiger partial charge in [-0.25, -0.2) is 4.79 Å². The Balaban J connectivity index is 2.90. The molecule has 0 aliphatic heterocycles. The summed E-state index contributed by atoms with van der Waals surface area (Å²) in [6.07, 6.45) is 2.12. The highest BCUT2D eigenvalue weighted by Crippen LogP contribution is 2.34. The van der Waals surface area contributed by atoms with E-state index in [0.29, 0.717) is 18.0 Å². The molecule has 4 nitrogen and oxygen atoms in total. The van der Waals surface area contributed by atoms with Crippen LogP contribution in [0.4, 0.5) is 0 Å². The molecule has 0 amide bonds. The molecule has 0 bridgehead atoms. The molecule has 2 aromatic rings. The summed E-state index contributed by atoms with van der Waals surface area (Å²) in [7, 11) is 0. The van der Waals surface area contributed by atoms with Crippen LogP contribution >= 0.6 is 0 Å². The van der Waals surface area contributed by atoms with Gasteiger partial charge >= 0.3 is 5.97 Å². The van der Waals surface area contributed by atoms with E-state index < -0.39 is 5.97 Å². The zero-order chi connectivity index (χ0) is 15.0. The molecule has 2 rings (SSSR count). The number of aromatic carboxylic acids is 1. The number of nitrogens with two attached hydrogens (primary N) is 1. The maximum Gasteiger partial charge on any atom is 0.335 e. The summed E-state index contributed by atoms with van der Waals surface area (Å²) in [5.41, 5.74) is 10.2. The van der Waals surface area contributed by atoms with Gasteiger partial charge in [-0.2, -0.15) is 0 Å². The molecule has 0 atom stereocenters. The lowest BCUT2D eigenvalue weighted by Crippen LogP contribution is -2.09. The summed E-state index contributed by atoms with van der Waals surface area (Å²) < 4.78 is 2.15. The molecule has 0 radical (unpaired) electrons. The van der Waals surface area contributed by atoms with Crippen LogP contribution < -0.4 is 5.73 Å². The van der Waals surface area contributed by atoms with Gasteiger partial charge in [0.25, 0.3) is 0 Å². The van der Waals surface area contributed by atoms with Crippen molar-refractivity contribution >= 4 is 16.9 Å². The third-order valence-electron chi connectivity index (χ3n) is 3.84. The van der Waals surface area contributed by atoms with E-state index in [9.17, 15) is 9.90 Å². The topological polar surface area (TPSA) is 68.2 Å². The van der Waals surface area contributed by atoms with Crippen LogP contribution in [0.15, 0.2) is 12.3 Å². The number of hydrogen-bond acceptors (Lipinski definition) is 2. The minimum Gasteiger partial charge on any atom is -0.478 e. The highest BCUT2D eigenvalue weighted by molar-refractivity contribution is 6.00. The zero-order valence-corrected chi connectivity index (χ0v) is 12.5. The fraction of sp³-hybridized carbons (Fsp3) is 0.438. The van der Waals surface area contributed by atoms with Crippen LogP contribution in [0.2, 0.25) is 0 Å². The second-order valence-electron chi connectivity index (χ2n) is 5.62. The number of aryl methyl sites for hydroxylation is 2. The number of benzene rings is 1. The van der Waals surface area contributed by atoms with Gasteiger partial charge in [0.05, 0.1) is 11.1 Å². The quantitative estimate of drug-likeness (QED) is 0.900. The van der Waals surface area contributed by atoms with Gasteiger partial charge < -0.3 is 15.4 Å². The number of carboxylic acids is 1. The van der Waals surface area contributed by atoms with E-state index in [1.54, 1.807) is 6.07 Å².